The van der Waals surface area contributed by atoms with Crippen LogP contribution in [0.15, 0.2) is 309 Å². The maximum Gasteiger partial charge on any atom is 0.256 e. The lowest BCUT2D eigenvalue weighted by molar-refractivity contribution is 0.488. The van der Waals surface area contributed by atoms with E-state index in [1.807, 2.05) is 0 Å². The Morgan fingerprint density at radius 3 is 1.24 bits per heavy atom. The molecule has 572 valence electrons. The van der Waals surface area contributed by atoms with Crippen LogP contribution in [0.4, 0.5) is 51.2 Å². The molecule has 0 saturated heterocycles. The number of fused-ring (bicyclic) bond motifs is 21. The van der Waals surface area contributed by atoms with Gasteiger partial charge in [-0.2, -0.15) is 0 Å². The minimum absolute atomic E-state index is 0.124. The van der Waals surface area contributed by atoms with Gasteiger partial charge < -0.3 is 24.0 Å². The van der Waals surface area contributed by atoms with E-state index in [-0.39, 0.29) is 40.5 Å². The summed E-state index contributed by atoms with van der Waals surface area (Å²) < 4.78 is 10.9. The second kappa shape index (κ2) is 25.2. The first kappa shape index (κ1) is 71.9. The Balaban J connectivity index is 0.859. The van der Waals surface area contributed by atoms with E-state index in [1.54, 1.807) is 0 Å². The van der Waals surface area contributed by atoms with Crippen molar-refractivity contribution in [3.05, 3.63) is 359 Å². The number of para-hydroxylation sites is 4. The van der Waals surface area contributed by atoms with Crippen LogP contribution in [-0.2, 0) is 32.5 Å². The average Bonchev–Trinajstić information content (AvgIpc) is 1.45. The van der Waals surface area contributed by atoms with Gasteiger partial charge in [0.1, 0.15) is 11.5 Å². The van der Waals surface area contributed by atoms with Gasteiger partial charge >= 0.3 is 0 Å². The Morgan fingerprint density at radius 2 is 0.695 bits per heavy atom. The SMILES string of the molecule is CC(C)(C)c1cc(N2c3ccccc3B3c4cc5c(cc4N(c4cc(C(C)(C)C)cc(C(C)(C)C)c4)c4cc(-n6c7ccccc7c7ccccc76)cc2c43)Oc2cc(-c3cccc4c3C3(c6ccccc6-c6ccccc63)c3ccccc3-4)cc3c2B5c2ccccc2N3c2ccc(C(C)(C)C)cc2-c2ccccc2)cc(C(C)(C)C)c1. The summed E-state index contributed by atoms with van der Waals surface area (Å²) in [4.78, 5) is 7.94. The molecule has 6 aliphatic rings. The Labute approximate surface area is 696 Å². The van der Waals surface area contributed by atoms with Crippen LogP contribution >= 0.6 is 0 Å². The van der Waals surface area contributed by atoms with E-state index in [1.165, 1.54) is 122 Å². The van der Waals surface area contributed by atoms with Crippen molar-refractivity contribution in [3.63, 3.8) is 0 Å². The van der Waals surface area contributed by atoms with Crippen LogP contribution in [0.5, 0.6) is 11.5 Å². The molecule has 118 heavy (non-hydrogen) atoms. The predicted molar refractivity (Wildman–Crippen MR) is 501 cm³/mol. The van der Waals surface area contributed by atoms with Gasteiger partial charge in [0.25, 0.3) is 13.4 Å². The molecule has 0 amide bonds. The summed E-state index contributed by atoms with van der Waals surface area (Å²) >= 11 is 0. The molecule has 0 fully saturated rings. The third-order valence-corrected chi connectivity index (χ3v) is 26.9. The summed E-state index contributed by atoms with van der Waals surface area (Å²) in [7, 11) is 0. The van der Waals surface area contributed by atoms with Crippen molar-refractivity contribution in [3.8, 4) is 61.7 Å². The number of hydrogen-bond donors (Lipinski definition) is 0. The maximum atomic E-state index is 8.31. The lowest BCUT2D eigenvalue weighted by Crippen LogP contribution is -2.64. The number of nitrogens with zero attached hydrogens (tertiary/aromatic N) is 4. The number of ether oxygens (including phenoxy) is 1. The van der Waals surface area contributed by atoms with E-state index in [0.717, 1.165) is 95.8 Å². The second-order valence-electron chi connectivity index (χ2n) is 39.2. The highest BCUT2D eigenvalue weighted by Crippen LogP contribution is 2.65. The molecule has 4 aliphatic heterocycles. The van der Waals surface area contributed by atoms with Gasteiger partial charge in [-0.05, 0) is 234 Å². The summed E-state index contributed by atoms with van der Waals surface area (Å²) in [5.41, 5.74) is 40.8. The summed E-state index contributed by atoms with van der Waals surface area (Å²) in [6.45, 7) is 35.0. The van der Waals surface area contributed by atoms with E-state index < -0.39 is 5.41 Å². The minimum Gasteiger partial charge on any atom is -0.458 e. The highest BCUT2D eigenvalue weighted by molar-refractivity contribution is 7.02. The van der Waals surface area contributed by atoms with E-state index in [9.17, 15) is 0 Å². The molecule has 5 heterocycles. The maximum absolute atomic E-state index is 8.31. The van der Waals surface area contributed by atoms with Crippen LogP contribution in [0.25, 0.3) is 72.0 Å². The quantitative estimate of drug-likeness (QED) is 0.155. The van der Waals surface area contributed by atoms with E-state index >= 15 is 0 Å². The topological polar surface area (TPSA) is 23.9 Å². The van der Waals surface area contributed by atoms with Gasteiger partial charge in [-0.1, -0.05) is 322 Å². The number of benzene rings is 15. The molecule has 7 heteroatoms. The Morgan fingerprint density at radius 1 is 0.254 bits per heavy atom. The van der Waals surface area contributed by atoms with Crippen LogP contribution in [-0.4, -0.2) is 18.0 Å². The highest BCUT2D eigenvalue weighted by atomic mass is 16.5. The smallest absolute Gasteiger partial charge is 0.256 e. The molecule has 0 N–H and O–H groups in total. The summed E-state index contributed by atoms with van der Waals surface area (Å²) in [5.74, 6) is 1.69. The molecule has 0 unspecified atom stereocenters. The van der Waals surface area contributed by atoms with Crippen molar-refractivity contribution in [1.82, 2.24) is 4.57 Å². The van der Waals surface area contributed by atoms with Crippen molar-refractivity contribution >= 4 is 119 Å². The van der Waals surface area contributed by atoms with Crippen molar-refractivity contribution in [2.45, 2.75) is 136 Å². The Kier molecular flexibility index (Phi) is 15.4. The molecule has 15 aromatic carbocycles. The van der Waals surface area contributed by atoms with Crippen molar-refractivity contribution in [1.29, 1.82) is 0 Å². The van der Waals surface area contributed by atoms with Gasteiger partial charge in [-0.3, -0.25) is 0 Å². The molecule has 1 spiro atoms. The molecular weight excluding hydrogens is 1430 g/mol. The first-order valence-corrected chi connectivity index (χ1v) is 42.4. The number of aromatic nitrogens is 1. The lowest BCUT2D eigenvalue weighted by Gasteiger charge is -2.46. The molecular formula is C111H96B2N4O. The molecule has 0 radical (unpaired) electrons. The van der Waals surface area contributed by atoms with Crippen molar-refractivity contribution < 1.29 is 4.74 Å². The zero-order valence-corrected chi connectivity index (χ0v) is 70.3. The fourth-order valence-corrected chi connectivity index (χ4v) is 21.1. The summed E-state index contributed by atoms with van der Waals surface area (Å²) in [6.07, 6.45) is 0. The molecule has 2 aliphatic carbocycles. The first-order chi connectivity index (χ1) is 56.7. The first-order valence-electron chi connectivity index (χ1n) is 42.4. The van der Waals surface area contributed by atoms with Crippen LogP contribution in [0, 0.1) is 0 Å². The standard InChI is InChI=1S/C111H96B2N4O/c1-106(2,3)69-52-53-94(84(62-69)67-34-17-16-18-35-67)117-96-51-32-28-47-89(96)113-91-65-90-97(66-101(91)118-102-55-68(54-98(117)105(102)113)77-41-33-42-83-80-38-21-26-45-87(80)111(103(77)83)85-43-24-19-36-78(85)79-37-20-25-44-86(79)111)116(75-60-72(109(10,11)12)57-73(61-75)110(13,14)15)100-64-76(114-92-48-29-22-39-81(92)82-40-23-30-49-93(82)114)63-99-104(100)112(90)88-46-27-31-50-95(88)115(99)74-58-70(107(4,5)6)56-71(59-74)108(7,8)9/h16-66H,1-15H3. The van der Waals surface area contributed by atoms with Gasteiger partial charge in [-0.15, -0.1) is 0 Å². The monoisotopic (exact) mass is 1520 g/mol. The number of anilines is 9. The molecule has 1 aromatic heterocycles. The van der Waals surface area contributed by atoms with Crippen LogP contribution in [0.3, 0.4) is 0 Å². The van der Waals surface area contributed by atoms with Crippen LogP contribution in [0.1, 0.15) is 154 Å². The predicted octanol–water partition coefficient (Wildman–Crippen LogP) is 25.4. The fourth-order valence-electron chi connectivity index (χ4n) is 21.1. The molecule has 0 bridgehead atoms. The van der Waals surface area contributed by atoms with Crippen LogP contribution in [0.2, 0.25) is 0 Å². The lowest BCUT2D eigenvalue weighted by atomic mass is 9.30. The average molecular weight is 1520 g/mol. The third-order valence-electron chi connectivity index (χ3n) is 26.9. The van der Waals surface area contributed by atoms with E-state index in [0.29, 0.717) is 0 Å². The van der Waals surface area contributed by atoms with Gasteiger partial charge in [0, 0.05) is 67.9 Å². The van der Waals surface area contributed by atoms with E-state index in [2.05, 4.69) is 433 Å². The van der Waals surface area contributed by atoms with E-state index in [4.69, 9.17) is 4.74 Å². The molecule has 22 rings (SSSR count). The third kappa shape index (κ3) is 10.5. The van der Waals surface area contributed by atoms with Gasteiger partial charge in [0.05, 0.1) is 27.8 Å². The van der Waals surface area contributed by atoms with Gasteiger partial charge in [0.2, 0.25) is 0 Å². The van der Waals surface area contributed by atoms with Crippen molar-refractivity contribution in [2.75, 3.05) is 14.7 Å². The zero-order chi connectivity index (χ0) is 80.8. The Bertz CT molecular complexity index is 6800. The number of rotatable bonds is 6. The minimum atomic E-state index is -0.619. The molecule has 0 saturated carbocycles. The Hall–Kier alpha value is -12.6. The fraction of sp³-hybridized carbons (Fsp3) is 0.189. The number of hydrogen-bond acceptors (Lipinski definition) is 4. The summed E-state index contributed by atoms with van der Waals surface area (Å²) in [5, 5.41) is 2.45. The second-order valence-corrected chi connectivity index (χ2v) is 39.2. The van der Waals surface area contributed by atoms with Gasteiger partial charge in [0.15, 0.2) is 0 Å². The summed E-state index contributed by atoms with van der Waals surface area (Å²) in [6, 6.07) is 120. The van der Waals surface area contributed by atoms with Gasteiger partial charge in [-0.25, -0.2) is 0 Å². The molecule has 16 aromatic rings. The van der Waals surface area contributed by atoms with Crippen molar-refractivity contribution in [2.24, 2.45) is 0 Å². The molecule has 5 nitrogen and oxygen atoms in total. The molecule has 0 atom stereocenters. The van der Waals surface area contributed by atoms with Crippen LogP contribution < -0.4 is 52.2 Å². The normalized spacial score (nSPS) is 14.4. The largest absolute Gasteiger partial charge is 0.458 e. The highest BCUT2D eigenvalue weighted by Gasteiger charge is 2.54. The zero-order valence-electron chi connectivity index (χ0n) is 70.3.